The molecule has 0 fully saturated rings. The van der Waals surface area contributed by atoms with Crippen LogP contribution in [0.1, 0.15) is 19.4 Å². The standard InChI is InChI=1S/C14H22N2O/c1-10(2)8-15-12-7-11-5-4-6-13(17-3)14(11)16-9-12/h4-6,10,12,15-16H,7-9H2,1-3H3. The SMILES string of the molecule is COc1cccc2c1NCC(NCC(C)C)C2. The predicted molar refractivity (Wildman–Crippen MR) is 71.8 cm³/mol. The van der Waals surface area contributed by atoms with Gasteiger partial charge in [0.2, 0.25) is 0 Å². The van der Waals surface area contributed by atoms with Gasteiger partial charge in [-0.15, -0.1) is 0 Å². The average Bonchev–Trinajstić information content (AvgIpc) is 2.35. The number of rotatable bonds is 4. The van der Waals surface area contributed by atoms with Gasteiger partial charge < -0.3 is 15.4 Å². The molecule has 0 saturated heterocycles. The van der Waals surface area contributed by atoms with Gasteiger partial charge in [0.15, 0.2) is 0 Å². The Morgan fingerprint density at radius 3 is 3.00 bits per heavy atom. The number of anilines is 1. The lowest BCUT2D eigenvalue weighted by molar-refractivity contribution is 0.412. The highest BCUT2D eigenvalue weighted by Crippen LogP contribution is 2.31. The molecule has 1 aliphatic heterocycles. The van der Waals surface area contributed by atoms with Gasteiger partial charge >= 0.3 is 0 Å². The fourth-order valence-electron chi connectivity index (χ4n) is 2.23. The van der Waals surface area contributed by atoms with E-state index in [0.717, 1.165) is 30.9 Å². The largest absolute Gasteiger partial charge is 0.495 e. The molecule has 3 heteroatoms. The third kappa shape index (κ3) is 2.91. The van der Waals surface area contributed by atoms with Crippen molar-refractivity contribution in [1.82, 2.24) is 5.32 Å². The molecule has 0 radical (unpaired) electrons. The van der Waals surface area contributed by atoms with Crippen molar-refractivity contribution in [2.24, 2.45) is 5.92 Å². The van der Waals surface area contributed by atoms with Crippen LogP contribution in [-0.2, 0) is 6.42 Å². The topological polar surface area (TPSA) is 33.3 Å². The maximum atomic E-state index is 5.36. The quantitative estimate of drug-likeness (QED) is 0.838. The molecule has 0 saturated carbocycles. The molecule has 2 rings (SSSR count). The van der Waals surface area contributed by atoms with Crippen molar-refractivity contribution in [2.45, 2.75) is 26.3 Å². The molecule has 3 nitrogen and oxygen atoms in total. The van der Waals surface area contributed by atoms with Gasteiger partial charge in [0.1, 0.15) is 5.75 Å². The zero-order valence-electron chi connectivity index (χ0n) is 10.9. The fraction of sp³-hybridized carbons (Fsp3) is 0.571. The second kappa shape index (κ2) is 5.41. The number of hydrogen-bond acceptors (Lipinski definition) is 3. The smallest absolute Gasteiger partial charge is 0.142 e. The molecule has 1 aliphatic rings. The Labute approximate surface area is 104 Å². The molecule has 0 bridgehead atoms. The van der Waals surface area contributed by atoms with E-state index in [2.05, 4.69) is 36.6 Å². The normalized spacial score (nSPS) is 18.7. The number of para-hydroxylation sites is 1. The first-order chi connectivity index (χ1) is 8.20. The van der Waals surface area contributed by atoms with Crippen LogP contribution in [0.3, 0.4) is 0 Å². The Bertz CT molecular complexity index is 376. The molecule has 1 atom stereocenters. The molecule has 1 aromatic carbocycles. The van der Waals surface area contributed by atoms with E-state index in [1.54, 1.807) is 7.11 Å². The molecular weight excluding hydrogens is 212 g/mol. The molecule has 94 valence electrons. The van der Waals surface area contributed by atoms with Crippen molar-refractivity contribution in [3.05, 3.63) is 23.8 Å². The summed E-state index contributed by atoms with van der Waals surface area (Å²) in [5.41, 5.74) is 2.51. The summed E-state index contributed by atoms with van der Waals surface area (Å²) in [6.07, 6.45) is 1.08. The first kappa shape index (κ1) is 12.2. The van der Waals surface area contributed by atoms with Crippen LogP contribution in [0, 0.1) is 5.92 Å². The van der Waals surface area contributed by atoms with E-state index in [-0.39, 0.29) is 0 Å². The van der Waals surface area contributed by atoms with E-state index < -0.39 is 0 Å². The average molecular weight is 234 g/mol. The van der Waals surface area contributed by atoms with Gasteiger partial charge in [0, 0.05) is 12.6 Å². The number of nitrogens with one attached hydrogen (secondary N) is 2. The van der Waals surface area contributed by atoms with E-state index >= 15 is 0 Å². The van der Waals surface area contributed by atoms with Gasteiger partial charge in [-0.1, -0.05) is 26.0 Å². The van der Waals surface area contributed by atoms with Crippen LogP contribution in [-0.4, -0.2) is 26.2 Å². The number of hydrogen-bond donors (Lipinski definition) is 2. The Kier molecular flexibility index (Phi) is 3.89. The minimum Gasteiger partial charge on any atom is -0.495 e. The lowest BCUT2D eigenvalue weighted by atomic mass is 9.98. The number of benzene rings is 1. The Balaban J connectivity index is 2.04. The van der Waals surface area contributed by atoms with Crippen molar-refractivity contribution >= 4 is 5.69 Å². The van der Waals surface area contributed by atoms with Crippen LogP contribution >= 0.6 is 0 Å². The third-order valence-electron chi connectivity index (χ3n) is 3.14. The molecule has 17 heavy (non-hydrogen) atoms. The van der Waals surface area contributed by atoms with Gasteiger partial charge in [-0.2, -0.15) is 0 Å². The van der Waals surface area contributed by atoms with Crippen molar-refractivity contribution < 1.29 is 4.74 Å². The molecule has 2 N–H and O–H groups in total. The van der Waals surface area contributed by atoms with Crippen LogP contribution < -0.4 is 15.4 Å². The highest BCUT2D eigenvalue weighted by Gasteiger charge is 2.20. The second-order valence-electron chi connectivity index (χ2n) is 5.08. The van der Waals surface area contributed by atoms with Gasteiger partial charge in [-0.05, 0) is 30.5 Å². The number of fused-ring (bicyclic) bond motifs is 1. The van der Waals surface area contributed by atoms with Gasteiger partial charge in [-0.25, -0.2) is 0 Å². The molecule has 1 unspecified atom stereocenters. The summed E-state index contributed by atoms with van der Waals surface area (Å²) < 4.78 is 5.36. The summed E-state index contributed by atoms with van der Waals surface area (Å²) in [6, 6.07) is 6.77. The zero-order chi connectivity index (χ0) is 12.3. The lowest BCUT2D eigenvalue weighted by Gasteiger charge is -2.28. The predicted octanol–water partition coefficient (Wildman–Crippen LogP) is 2.28. The highest BCUT2D eigenvalue weighted by molar-refractivity contribution is 5.63. The Hall–Kier alpha value is -1.22. The number of methoxy groups -OCH3 is 1. The number of ether oxygens (including phenoxy) is 1. The van der Waals surface area contributed by atoms with Crippen LogP contribution in [0.15, 0.2) is 18.2 Å². The van der Waals surface area contributed by atoms with Crippen molar-refractivity contribution in [1.29, 1.82) is 0 Å². The molecule has 0 amide bonds. The molecular formula is C14H22N2O. The van der Waals surface area contributed by atoms with Crippen LogP contribution in [0.5, 0.6) is 5.75 Å². The minimum absolute atomic E-state index is 0.525. The van der Waals surface area contributed by atoms with E-state index in [1.165, 1.54) is 5.56 Å². The van der Waals surface area contributed by atoms with E-state index in [9.17, 15) is 0 Å². The van der Waals surface area contributed by atoms with E-state index in [4.69, 9.17) is 4.74 Å². The molecule has 1 heterocycles. The van der Waals surface area contributed by atoms with Crippen LogP contribution in [0.4, 0.5) is 5.69 Å². The summed E-state index contributed by atoms with van der Waals surface area (Å²) in [5.74, 6) is 1.64. The molecule has 0 aromatic heterocycles. The maximum Gasteiger partial charge on any atom is 0.142 e. The van der Waals surface area contributed by atoms with Crippen LogP contribution in [0.2, 0.25) is 0 Å². The summed E-state index contributed by atoms with van der Waals surface area (Å²) >= 11 is 0. The fourth-order valence-corrected chi connectivity index (χ4v) is 2.23. The van der Waals surface area contributed by atoms with E-state index in [0.29, 0.717) is 12.0 Å². The highest BCUT2D eigenvalue weighted by atomic mass is 16.5. The minimum atomic E-state index is 0.525. The van der Waals surface area contributed by atoms with Crippen molar-refractivity contribution in [3.8, 4) is 5.75 Å². The Morgan fingerprint density at radius 1 is 1.47 bits per heavy atom. The zero-order valence-corrected chi connectivity index (χ0v) is 10.9. The lowest BCUT2D eigenvalue weighted by Crippen LogP contribution is -2.41. The van der Waals surface area contributed by atoms with Gasteiger partial charge in [0.05, 0.1) is 12.8 Å². The second-order valence-corrected chi connectivity index (χ2v) is 5.08. The van der Waals surface area contributed by atoms with Gasteiger partial charge in [-0.3, -0.25) is 0 Å². The third-order valence-corrected chi connectivity index (χ3v) is 3.14. The monoisotopic (exact) mass is 234 g/mol. The summed E-state index contributed by atoms with van der Waals surface area (Å²) in [6.45, 7) is 6.52. The summed E-state index contributed by atoms with van der Waals surface area (Å²) in [7, 11) is 1.72. The van der Waals surface area contributed by atoms with E-state index in [1.807, 2.05) is 6.07 Å². The Morgan fingerprint density at radius 2 is 2.29 bits per heavy atom. The summed E-state index contributed by atoms with van der Waals surface area (Å²) in [5, 5.41) is 7.06. The molecule has 1 aromatic rings. The van der Waals surface area contributed by atoms with Gasteiger partial charge in [0.25, 0.3) is 0 Å². The van der Waals surface area contributed by atoms with Crippen molar-refractivity contribution in [3.63, 3.8) is 0 Å². The molecule has 0 aliphatic carbocycles. The van der Waals surface area contributed by atoms with Crippen LogP contribution in [0.25, 0.3) is 0 Å². The maximum absolute atomic E-state index is 5.36. The molecule has 0 spiro atoms. The first-order valence-corrected chi connectivity index (χ1v) is 6.34. The van der Waals surface area contributed by atoms with Crippen molar-refractivity contribution in [2.75, 3.05) is 25.5 Å². The summed E-state index contributed by atoms with van der Waals surface area (Å²) in [4.78, 5) is 0. The first-order valence-electron chi connectivity index (χ1n) is 6.34.